The molecule has 0 aliphatic heterocycles. The number of aldehydes is 2. The van der Waals surface area contributed by atoms with E-state index in [4.69, 9.17) is 81.2 Å². The van der Waals surface area contributed by atoms with Crippen LogP contribution in [-0.2, 0) is 9.59 Å². The largest absolute Gasteiger partial charge is 0.392 e. The maximum atomic E-state index is 10.6. The second-order valence-electron chi connectivity index (χ2n) is 26.7. The molecule has 7 aliphatic rings. The second-order valence-corrected chi connectivity index (χ2v) is 30.1. The highest BCUT2D eigenvalue weighted by Gasteiger charge is 2.57. The van der Waals surface area contributed by atoms with Crippen LogP contribution in [-0.4, -0.2) is 73.1 Å². The Morgan fingerprint density at radius 2 is 1.18 bits per heavy atom. The third kappa shape index (κ3) is 15.4. The predicted molar refractivity (Wildman–Crippen MR) is 321 cm³/mol. The van der Waals surface area contributed by atoms with Crippen molar-refractivity contribution in [1.29, 1.82) is 0 Å². The van der Waals surface area contributed by atoms with Crippen molar-refractivity contribution < 1.29 is 19.8 Å². The SMILES string of the molecule is C/C=C/C1=C[C@@]2(C)CC[C@H](Cl)C(C)(C)[C@@H]2CC1.C=C(CC[C@@H]1C(=C)CC[C@H](Cl)C1(C)C)C(Cl)CN=C(Cl)Cl.CC1(C)[C@@H](Cl)[C@@H](O)C[C@]2(C)C/C(=C/C=O)CC[C@@H]12.CC1(C)[C@@H](Cl)[C@@H](O)C[C@]2(C)C/C(=C\C=O)CC[C@@H]12. The molecule has 0 amide bonds. The highest BCUT2D eigenvalue weighted by atomic mass is 35.5. The van der Waals surface area contributed by atoms with Crippen LogP contribution in [0.3, 0.4) is 0 Å². The molecule has 0 aromatic heterocycles. The second kappa shape index (κ2) is 26.8. The van der Waals surface area contributed by atoms with Gasteiger partial charge in [0.2, 0.25) is 0 Å². The minimum atomic E-state index is -0.446. The first-order valence-electron chi connectivity index (χ1n) is 27.6. The average Bonchev–Trinajstić information content (AvgIpc) is 3.30. The summed E-state index contributed by atoms with van der Waals surface area (Å²) in [4.78, 5) is 25.2. The molecule has 420 valence electrons. The average molecular weight is 1170 g/mol. The van der Waals surface area contributed by atoms with Gasteiger partial charge in [-0.15, -0.1) is 58.0 Å². The van der Waals surface area contributed by atoms with Gasteiger partial charge in [-0.1, -0.05) is 135 Å². The molecule has 6 saturated carbocycles. The van der Waals surface area contributed by atoms with Crippen LogP contribution >= 0.6 is 81.2 Å². The number of carbonyl (C=O) groups excluding carboxylic acids is 2. The normalized spacial score (nSPS) is 39.1. The fourth-order valence-electron chi connectivity index (χ4n) is 15.8. The van der Waals surface area contributed by atoms with Crippen molar-refractivity contribution in [3.63, 3.8) is 0 Å². The van der Waals surface area contributed by atoms with Crippen LogP contribution in [0.4, 0.5) is 0 Å². The monoisotopic (exact) mass is 1160 g/mol. The molecule has 5 nitrogen and oxygen atoms in total. The van der Waals surface area contributed by atoms with Crippen molar-refractivity contribution in [2.75, 3.05) is 6.54 Å². The number of rotatable bonds is 9. The summed E-state index contributed by atoms with van der Waals surface area (Å²) in [5, 5.41) is 20.4. The first-order chi connectivity index (χ1) is 34.2. The Bertz CT molecular complexity index is 2050. The van der Waals surface area contributed by atoms with E-state index in [0.717, 1.165) is 108 Å². The van der Waals surface area contributed by atoms with Gasteiger partial charge in [-0.05, 0) is 207 Å². The lowest BCUT2D eigenvalue weighted by molar-refractivity contribution is -0.105. The molecular formula is C62H94Cl7NO4. The molecule has 1 unspecified atom stereocenters. The van der Waals surface area contributed by atoms with Gasteiger partial charge >= 0.3 is 0 Å². The molecule has 2 N–H and O–H groups in total. The minimum absolute atomic E-state index is 0.000207. The van der Waals surface area contributed by atoms with E-state index in [1.807, 2.05) is 0 Å². The van der Waals surface area contributed by atoms with Crippen molar-refractivity contribution in [2.24, 2.45) is 66.6 Å². The molecule has 0 aromatic carbocycles. The van der Waals surface area contributed by atoms with Gasteiger partial charge in [0.05, 0.1) is 34.9 Å². The number of hydrogen-bond donors (Lipinski definition) is 2. The van der Waals surface area contributed by atoms with Gasteiger partial charge in [-0.2, -0.15) is 0 Å². The van der Waals surface area contributed by atoms with E-state index >= 15 is 0 Å². The molecule has 14 atom stereocenters. The van der Waals surface area contributed by atoms with E-state index in [0.29, 0.717) is 35.1 Å². The Hall–Kier alpha value is -0.600. The molecule has 0 aromatic rings. The Morgan fingerprint density at radius 3 is 1.64 bits per heavy atom. The lowest BCUT2D eigenvalue weighted by Gasteiger charge is -2.57. The number of hydrogen-bond acceptors (Lipinski definition) is 5. The number of alkyl halides is 5. The van der Waals surface area contributed by atoms with Crippen LogP contribution < -0.4 is 0 Å². The third-order valence-electron chi connectivity index (χ3n) is 19.8. The van der Waals surface area contributed by atoms with Crippen molar-refractivity contribution in [3.8, 4) is 0 Å². The van der Waals surface area contributed by atoms with Gasteiger partial charge in [0.25, 0.3) is 0 Å². The van der Waals surface area contributed by atoms with Crippen molar-refractivity contribution in [2.45, 2.75) is 225 Å². The quantitative estimate of drug-likeness (QED) is 0.0792. The number of fused-ring (bicyclic) bond motifs is 3. The van der Waals surface area contributed by atoms with E-state index in [-0.39, 0.29) is 58.6 Å². The molecule has 6 fully saturated rings. The fraction of sp³-hybridized carbons (Fsp3) is 0.758. The molecule has 12 heteroatoms. The van der Waals surface area contributed by atoms with Crippen molar-refractivity contribution >= 4 is 98.4 Å². The Labute approximate surface area is 484 Å². The smallest absolute Gasteiger partial charge is 0.192 e. The maximum Gasteiger partial charge on any atom is 0.192 e. The summed E-state index contributed by atoms with van der Waals surface area (Å²) >= 11 is 43.1. The lowest BCUT2D eigenvalue weighted by atomic mass is 9.50. The van der Waals surface area contributed by atoms with Crippen molar-refractivity contribution in [1.82, 2.24) is 0 Å². The molecule has 0 radical (unpaired) electrons. The summed E-state index contributed by atoms with van der Waals surface area (Å²) in [5.74, 6) is 2.16. The topological polar surface area (TPSA) is 87.0 Å². The van der Waals surface area contributed by atoms with Crippen LogP contribution in [0.2, 0.25) is 0 Å². The highest BCUT2D eigenvalue weighted by molar-refractivity contribution is 6.95. The Balaban J connectivity index is 0.000000214. The van der Waals surface area contributed by atoms with E-state index in [9.17, 15) is 19.8 Å². The molecule has 0 saturated heterocycles. The molecule has 0 heterocycles. The fourth-order valence-corrected chi connectivity index (χ4v) is 17.1. The van der Waals surface area contributed by atoms with Crippen LogP contribution in [0.1, 0.15) is 186 Å². The summed E-state index contributed by atoms with van der Waals surface area (Å²) in [6, 6.07) is 0. The number of halogens is 7. The van der Waals surface area contributed by atoms with Crippen LogP contribution in [0, 0.1) is 61.6 Å². The summed E-state index contributed by atoms with van der Waals surface area (Å²) in [6.45, 7) is 35.5. The van der Waals surface area contributed by atoms with Crippen LogP contribution in [0.15, 0.2) is 76.4 Å². The third-order valence-corrected chi connectivity index (χ3v) is 23.8. The number of allylic oxidation sites excluding steroid dienone is 9. The number of aliphatic hydroxyl groups is 2. The summed E-state index contributed by atoms with van der Waals surface area (Å²) < 4.78 is 0.000207. The molecular weight excluding hydrogens is 1070 g/mol. The van der Waals surface area contributed by atoms with E-state index in [2.05, 4.69) is 119 Å². The Morgan fingerprint density at radius 1 is 0.703 bits per heavy atom. The van der Waals surface area contributed by atoms with E-state index < -0.39 is 12.2 Å². The number of aliphatic hydroxyl groups excluding tert-OH is 2. The van der Waals surface area contributed by atoms with Gasteiger partial charge in [0.15, 0.2) is 4.63 Å². The summed E-state index contributed by atoms with van der Waals surface area (Å²) in [5.41, 5.74) is 6.93. The first-order valence-corrected chi connectivity index (χ1v) is 30.5. The molecule has 74 heavy (non-hydrogen) atoms. The van der Waals surface area contributed by atoms with Gasteiger partial charge < -0.3 is 10.2 Å². The van der Waals surface area contributed by atoms with Gasteiger partial charge in [-0.3, -0.25) is 14.6 Å². The number of aliphatic imine (C=N–C) groups is 1. The summed E-state index contributed by atoms with van der Waals surface area (Å²) in [7, 11) is 0. The molecule has 0 spiro atoms. The van der Waals surface area contributed by atoms with Crippen molar-refractivity contribution in [3.05, 3.63) is 71.4 Å². The number of carbonyl (C=O) groups is 2. The molecule has 7 aliphatic carbocycles. The lowest BCUT2D eigenvalue weighted by Crippen LogP contribution is -2.55. The predicted octanol–water partition coefficient (Wildman–Crippen LogP) is 18.3. The zero-order valence-corrected chi connectivity index (χ0v) is 52.4. The van der Waals surface area contributed by atoms with Gasteiger partial charge in [0.1, 0.15) is 12.6 Å². The van der Waals surface area contributed by atoms with Gasteiger partial charge in [0, 0.05) is 10.8 Å². The first kappa shape index (κ1) is 65.9. The maximum absolute atomic E-state index is 10.6. The minimum Gasteiger partial charge on any atom is -0.392 e. The summed E-state index contributed by atoms with van der Waals surface area (Å²) in [6.07, 6.45) is 27.4. The highest BCUT2D eigenvalue weighted by Crippen LogP contribution is 2.62. The standard InChI is InChI=1S/C16H23Cl4N.C16H25Cl.2C15H23ClO2/c1-10-6-8-14(18)16(3,4)12(10)7-5-11(2)13(17)9-21-15(19)20;1-5-6-12-7-8-13-15(2,3)14(17)9-10-16(13,4)11-12;2*1-14(2)12-5-4-10(6-7-17)8-15(12,3)9-11(18)13(14)16/h12-14H,1-2,5-9H2,3-4H3;5-6,11,13-14H,7-10H2,1-4H3;2*6-7,11-13,18H,4-5,8-9H2,1-3H3/b;6-5+;10-6+;10-6-/t12-,13?,14+;13-,14-,16+;2*11-,12-,13-,15-/m1000/s1. The van der Waals surface area contributed by atoms with Crippen LogP contribution in [0.25, 0.3) is 0 Å². The molecule has 0 bridgehead atoms. The Kier molecular flexibility index (Phi) is 23.9. The van der Waals surface area contributed by atoms with Crippen LogP contribution in [0.5, 0.6) is 0 Å². The number of nitrogens with zero attached hydrogens (tertiary/aromatic N) is 1. The van der Waals surface area contributed by atoms with Gasteiger partial charge in [-0.25, -0.2) is 0 Å². The van der Waals surface area contributed by atoms with E-state index in [1.165, 1.54) is 41.6 Å². The zero-order chi connectivity index (χ0) is 56.0. The van der Waals surface area contributed by atoms with E-state index in [1.54, 1.807) is 12.2 Å². The molecule has 7 rings (SSSR count). The zero-order valence-electron chi connectivity index (χ0n) is 47.1.